The second-order valence-electron chi connectivity index (χ2n) is 13.3. The molecule has 1 atom stereocenters. The maximum atomic E-state index is 15.7. The summed E-state index contributed by atoms with van der Waals surface area (Å²) in [5.41, 5.74) is -4.01. The van der Waals surface area contributed by atoms with Crippen LogP contribution in [0.25, 0.3) is 11.5 Å². The van der Waals surface area contributed by atoms with Crippen molar-refractivity contribution in [2.45, 2.75) is 81.1 Å². The predicted molar refractivity (Wildman–Crippen MR) is 171 cm³/mol. The third kappa shape index (κ3) is 6.80. The van der Waals surface area contributed by atoms with E-state index in [1.807, 2.05) is 0 Å². The van der Waals surface area contributed by atoms with Gasteiger partial charge in [0.25, 0.3) is 17.5 Å². The summed E-state index contributed by atoms with van der Waals surface area (Å²) in [6.45, 7) is 11.1. The third-order valence-electron chi connectivity index (χ3n) is 7.81. The number of carbonyl (C=O) groups is 2. The number of nitrogens with one attached hydrogen (secondary N) is 1. The first-order valence-electron chi connectivity index (χ1n) is 14.9. The average Bonchev–Trinajstić information content (AvgIpc) is 3.69. The Morgan fingerprint density at radius 2 is 1.84 bits per heavy atom. The fourth-order valence-corrected chi connectivity index (χ4v) is 6.78. The molecule has 0 spiro atoms. The van der Waals surface area contributed by atoms with Crippen LogP contribution in [0.15, 0.2) is 68.6 Å². The van der Waals surface area contributed by atoms with Crippen molar-refractivity contribution in [1.29, 1.82) is 0 Å². The summed E-state index contributed by atoms with van der Waals surface area (Å²) in [5, 5.41) is 17.4. The molecule has 2 amide bonds. The first-order valence-corrected chi connectivity index (χ1v) is 16.6. The van der Waals surface area contributed by atoms with Crippen molar-refractivity contribution in [1.82, 2.24) is 15.5 Å². The normalized spacial score (nSPS) is 18.2. The lowest BCUT2D eigenvalue weighted by molar-refractivity contribution is -0.120. The molecule has 2 aromatic carbocycles. The number of hydrogen-bond donors (Lipinski definition) is 1. The van der Waals surface area contributed by atoms with Crippen LogP contribution >= 0.6 is 0 Å². The Hall–Kier alpha value is -5.04. The van der Waals surface area contributed by atoms with Crippen LogP contribution in [-0.4, -0.2) is 53.9 Å². The van der Waals surface area contributed by atoms with E-state index >= 15 is 4.39 Å². The van der Waals surface area contributed by atoms with Crippen molar-refractivity contribution in [3.8, 4) is 23.8 Å². The summed E-state index contributed by atoms with van der Waals surface area (Å²) < 4.78 is 83.2. The van der Waals surface area contributed by atoms with Gasteiger partial charge in [0.1, 0.15) is 17.5 Å². The molecule has 0 fully saturated rings. The molecule has 1 aromatic heterocycles. The third-order valence-corrected chi connectivity index (χ3v) is 9.58. The molecule has 0 saturated heterocycles. The lowest BCUT2D eigenvalue weighted by Crippen LogP contribution is -2.51. The second-order valence-corrected chi connectivity index (χ2v) is 15.3. The molecule has 2 aliphatic rings. The highest BCUT2D eigenvalue weighted by Gasteiger charge is 2.61. The van der Waals surface area contributed by atoms with Crippen molar-refractivity contribution in [3.63, 3.8) is 0 Å². The van der Waals surface area contributed by atoms with Gasteiger partial charge in [0, 0.05) is 12.0 Å². The van der Waals surface area contributed by atoms with Gasteiger partial charge >= 0.3 is 12.0 Å². The molecule has 0 radical (unpaired) electrons. The van der Waals surface area contributed by atoms with E-state index in [0.29, 0.717) is 11.6 Å². The Labute approximate surface area is 280 Å². The number of alkyl carbamates (subject to hydrolysis) is 1. The number of nitrogens with zero attached hydrogens (tertiary/aromatic N) is 5. The van der Waals surface area contributed by atoms with Crippen molar-refractivity contribution in [2.75, 3.05) is 10.7 Å². The standard InChI is InChI=1S/C33H33F3N6O6S/c1-8-14-31(6,7)28-39-38-26(47-28)21-15-24-25(16-22(21)34)49(45,46)18-23(37-29(44)48-30(3,4)5)27(43)42(24)17-19-10-12-20(13-11-19)33(40-41-33)32(35,36)9-2/h1,9-13,15-16,23H,2,14,17-18H2,3-7H3,(H,37,44)/t23-/m0/s1. The molecule has 3 aromatic rings. The molecule has 0 aliphatic carbocycles. The highest BCUT2D eigenvalue weighted by molar-refractivity contribution is 7.91. The molecule has 16 heteroatoms. The molecule has 49 heavy (non-hydrogen) atoms. The smallest absolute Gasteiger partial charge is 0.408 e. The van der Waals surface area contributed by atoms with Gasteiger partial charge < -0.3 is 19.4 Å². The van der Waals surface area contributed by atoms with Gasteiger partial charge in [-0.15, -0.1) is 32.8 Å². The van der Waals surface area contributed by atoms with E-state index in [4.69, 9.17) is 15.6 Å². The topological polar surface area (TPSA) is 156 Å². The van der Waals surface area contributed by atoms with Gasteiger partial charge in [-0.1, -0.05) is 44.7 Å². The number of alkyl halides is 2. The number of carbonyl (C=O) groups excluding carboxylic acids is 2. The number of ether oxygens (including phenoxy) is 1. The molecule has 258 valence electrons. The van der Waals surface area contributed by atoms with Gasteiger partial charge in [-0.05, 0) is 44.5 Å². The molecule has 3 heterocycles. The van der Waals surface area contributed by atoms with E-state index in [0.717, 1.165) is 17.0 Å². The SMILES string of the molecule is C#CCC(C)(C)c1nnc(-c2cc3c(cc2F)S(=O)(=O)C[C@H](NC(=O)OC(C)(C)C)C(=O)N3Cc2ccc(C3(C(F)(F)C=C)N=N3)cc2)o1. The first kappa shape index (κ1) is 35.3. The van der Waals surface area contributed by atoms with E-state index in [1.54, 1.807) is 34.6 Å². The predicted octanol–water partition coefficient (Wildman–Crippen LogP) is 5.83. The lowest BCUT2D eigenvalue weighted by Gasteiger charge is -2.27. The maximum absolute atomic E-state index is 15.7. The van der Waals surface area contributed by atoms with Gasteiger partial charge in [0.15, 0.2) is 9.84 Å². The van der Waals surface area contributed by atoms with Crippen molar-refractivity contribution in [2.24, 2.45) is 10.2 Å². The van der Waals surface area contributed by atoms with E-state index in [9.17, 15) is 26.8 Å². The number of hydrogen-bond acceptors (Lipinski definition) is 10. The first-order chi connectivity index (χ1) is 22.7. The fraction of sp³-hybridized carbons (Fsp3) is 0.394. The molecule has 5 rings (SSSR count). The van der Waals surface area contributed by atoms with Crippen molar-refractivity contribution in [3.05, 3.63) is 71.9 Å². The average molecular weight is 699 g/mol. The molecule has 0 saturated carbocycles. The minimum Gasteiger partial charge on any atom is -0.444 e. The second kappa shape index (κ2) is 12.1. The highest BCUT2D eigenvalue weighted by atomic mass is 32.2. The monoisotopic (exact) mass is 698 g/mol. The number of amides is 2. The van der Waals surface area contributed by atoms with Crippen LogP contribution in [0, 0.1) is 18.2 Å². The van der Waals surface area contributed by atoms with Crippen LogP contribution < -0.4 is 10.2 Å². The maximum Gasteiger partial charge on any atom is 0.408 e. The quantitative estimate of drug-likeness (QED) is 0.216. The van der Waals surface area contributed by atoms with Crippen LogP contribution in [0.4, 0.5) is 23.7 Å². The van der Waals surface area contributed by atoms with Crippen LogP contribution in [0.2, 0.25) is 0 Å². The minimum atomic E-state index is -4.44. The van der Waals surface area contributed by atoms with Gasteiger partial charge in [-0.3, -0.25) is 4.79 Å². The highest BCUT2D eigenvalue weighted by Crippen LogP contribution is 2.52. The molecular formula is C33H33F3N6O6S. The lowest BCUT2D eigenvalue weighted by atomic mass is 9.90. The summed E-state index contributed by atoms with van der Waals surface area (Å²) in [7, 11) is -4.44. The van der Waals surface area contributed by atoms with Gasteiger partial charge in [-0.25, -0.2) is 17.6 Å². The van der Waals surface area contributed by atoms with Crippen LogP contribution in [0.3, 0.4) is 0 Å². The van der Waals surface area contributed by atoms with Crippen molar-refractivity contribution < 1.29 is 40.3 Å². The number of rotatable bonds is 9. The Kier molecular flexibility index (Phi) is 8.73. The Morgan fingerprint density at radius 1 is 1.18 bits per heavy atom. The number of anilines is 1. The van der Waals surface area contributed by atoms with Gasteiger partial charge in [-0.2, -0.15) is 8.78 Å². The molecule has 1 N–H and O–H groups in total. The number of terminal acetylenes is 1. The van der Waals surface area contributed by atoms with Crippen LogP contribution in [0.1, 0.15) is 58.1 Å². The van der Waals surface area contributed by atoms with E-state index in [2.05, 4.69) is 38.2 Å². The van der Waals surface area contributed by atoms with E-state index in [-0.39, 0.29) is 41.6 Å². The molecule has 0 unspecified atom stereocenters. The largest absolute Gasteiger partial charge is 0.444 e. The summed E-state index contributed by atoms with van der Waals surface area (Å²) in [6, 6.07) is 5.74. The number of aromatic nitrogens is 2. The van der Waals surface area contributed by atoms with E-state index < -0.39 is 66.9 Å². The number of halogens is 3. The van der Waals surface area contributed by atoms with Crippen LogP contribution in [-0.2, 0) is 37.0 Å². The summed E-state index contributed by atoms with van der Waals surface area (Å²) >= 11 is 0. The van der Waals surface area contributed by atoms with Crippen LogP contribution in [0.5, 0.6) is 0 Å². The van der Waals surface area contributed by atoms with E-state index in [1.165, 1.54) is 24.3 Å². The summed E-state index contributed by atoms with van der Waals surface area (Å²) in [4.78, 5) is 27.3. The number of sulfone groups is 1. The Bertz CT molecular complexity index is 2010. The zero-order valence-corrected chi connectivity index (χ0v) is 28.1. The number of fused-ring (bicyclic) bond motifs is 1. The van der Waals surface area contributed by atoms with Crippen molar-refractivity contribution >= 4 is 27.5 Å². The molecule has 12 nitrogen and oxygen atoms in total. The zero-order chi connectivity index (χ0) is 36.2. The minimum absolute atomic E-state index is 0.0557. The van der Waals surface area contributed by atoms with Gasteiger partial charge in [0.2, 0.25) is 5.89 Å². The Balaban J connectivity index is 1.60. The molecule has 0 bridgehead atoms. The summed E-state index contributed by atoms with van der Waals surface area (Å²) in [6.07, 6.45) is 5.08. The molecular weight excluding hydrogens is 665 g/mol. The van der Waals surface area contributed by atoms with Gasteiger partial charge in [0.05, 0.1) is 33.9 Å². The number of benzene rings is 2. The summed E-state index contributed by atoms with van der Waals surface area (Å²) in [5.74, 6) is -3.98. The zero-order valence-electron chi connectivity index (χ0n) is 27.3. The molecule has 2 aliphatic heterocycles. The fourth-order valence-electron chi connectivity index (χ4n) is 5.17. The Morgan fingerprint density at radius 3 is 2.41 bits per heavy atom.